The van der Waals surface area contributed by atoms with Crippen molar-refractivity contribution in [1.29, 1.82) is 0 Å². The van der Waals surface area contributed by atoms with Crippen LogP contribution in [-0.4, -0.2) is 31.9 Å². The SMILES string of the molecule is CNCc1ccc(N(C)CC2CC(O)C2)cc1Br. The second-order valence-electron chi connectivity index (χ2n) is 5.18. The molecule has 1 saturated carbocycles. The maximum Gasteiger partial charge on any atom is 0.0546 e. The van der Waals surface area contributed by atoms with E-state index in [2.05, 4.69) is 51.4 Å². The summed E-state index contributed by atoms with van der Waals surface area (Å²) in [4.78, 5) is 2.27. The van der Waals surface area contributed by atoms with E-state index < -0.39 is 0 Å². The van der Waals surface area contributed by atoms with Gasteiger partial charge in [-0.3, -0.25) is 0 Å². The van der Waals surface area contributed by atoms with E-state index in [-0.39, 0.29) is 6.10 Å². The van der Waals surface area contributed by atoms with Crippen molar-refractivity contribution in [3.8, 4) is 0 Å². The van der Waals surface area contributed by atoms with Gasteiger partial charge in [-0.05, 0) is 43.5 Å². The van der Waals surface area contributed by atoms with Crippen LogP contribution in [0.1, 0.15) is 18.4 Å². The third-order valence-corrected chi connectivity index (χ3v) is 4.33. The molecule has 0 radical (unpaired) electrons. The number of halogens is 1. The molecule has 0 heterocycles. The zero-order valence-electron chi connectivity index (χ0n) is 11.0. The molecule has 2 N–H and O–H groups in total. The summed E-state index contributed by atoms with van der Waals surface area (Å²) in [5, 5.41) is 12.5. The Bertz CT molecular complexity index is 405. The minimum Gasteiger partial charge on any atom is -0.393 e. The number of rotatable bonds is 5. The Morgan fingerprint density at radius 2 is 2.17 bits per heavy atom. The van der Waals surface area contributed by atoms with E-state index in [1.165, 1.54) is 11.3 Å². The summed E-state index contributed by atoms with van der Waals surface area (Å²) >= 11 is 3.62. The third kappa shape index (κ3) is 3.25. The molecule has 1 fully saturated rings. The van der Waals surface area contributed by atoms with Crippen molar-refractivity contribution in [2.45, 2.75) is 25.5 Å². The van der Waals surface area contributed by atoms with Gasteiger partial charge >= 0.3 is 0 Å². The van der Waals surface area contributed by atoms with Gasteiger partial charge in [-0.1, -0.05) is 22.0 Å². The molecule has 4 heteroatoms. The van der Waals surface area contributed by atoms with Gasteiger partial charge in [0.1, 0.15) is 0 Å². The maximum atomic E-state index is 9.31. The Kier molecular flexibility index (Phi) is 4.65. The summed E-state index contributed by atoms with van der Waals surface area (Å²) in [6.07, 6.45) is 1.83. The Morgan fingerprint density at radius 1 is 1.44 bits per heavy atom. The largest absolute Gasteiger partial charge is 0.393 e. The fourth-order valence-corrected chi connectivity index (χ4v) is 2.96. The second-order valence-corrected chi connectivity index (χ2v) is 6.03. The molecule has 0 unspecified atom stereocenters. The molecule has 0 bridgehead atoms. The highest BCUT2D eigenvalue weighted by atomic mass is 79.9. The molecule has 0 atom stereocenters. The van der Waals surface area contributed by atoms with Gasteiger partial charge in [-0.15, -0.1) is 0 Å². The van der Waals surface area contributed by atoms with Crippen LogP contribution in [0.5, 0.6) is 0 Å². The minimum absolute atomic E-state index is 0.0619. The summed E-state index contributed by atoms with van der Waals surface area (Å²) in [5.41, 5.74) is 2.50. The van der Waals surface area contributed by atoms with E-state index >= 15 is 0 Å². The first-order valence-corrected chi connectivity index (χ1v) is 7.21. The van der Waals surface area contributed by atoms with Gasteiger partial charge in [-0.2, -0.15) is 0 Å². The monoisotopic (exact) mass is 312 g/mol. The zero-order chi connectivity index (χ0) is 13.1. The highest BCUT2D eigenvalue weighted by molar-refractivity contribution is 9.10. The quantitative estimate of drug-likeness (QED) is 0.876. The van der Waals surface area contributed by atoms with Gasteiger partial charge < -0.3 is 15.3 Å². The first kappa shape index (κ1) is 13.8. The first-order chi connectivity index (χ1) is 8.60. The van der Waals surface area contributed by atoms with E-state index in [9.17, 15) is 5.11 Å². The average Bonchev–Trinajstić information content (AvgIpc) is 2.30. The van der Waals surface area contributed by atoms with Gasteiger partial charge in [-0.25, -0.2) is 0 Å². The Morgan fingerprint density at radius 3 is 2.72 bits per heavy atom. The highest BCUT2D eigenvalue weighted by Gasteiger charge is 2.28. The van der Waals surface area contributed by atoms with Crippen LogP contribution in [0.3, 0.4) is 0 Å². The number of aliphatic hydroxyl groups is 1. The highest BCUT2D eigenvalue weighted by Crippen LogP contribution is 2.30. The van der Waals surface area contributed by atoms with Crippen LogP contribution in [-0.2, 0) is 6.54 Å². The molecular weight excluding hydrogens is 292 g/mol. The molecule has 0 spiro atoms. The molecule has 1 aromatic carbocycles. The third-order valence-electron chi connectivity index (χ3n) is 3.59. The van der Waals surface area contributed by atoms with E-state index in [1.807, 2.05) is 7.05 Å². The molecule has 2 rings (SSSR count). The van der Waals surface area contributed by atoms with Crippen molar-refractivity contribution in [2.24, 2.45) is 5.92 Å². The van der Waals surface area contributed by atoms with E-state index in [0.717, 1.165) is 30.4 Å². The van der Waals surface area contributed by atoms with Crippen molar-refractivity contribution < 1.29 is 5.11 Å². The second kappa shape index (κ2) is 6.04. The van der Waals surface area contributed by atoms with Crippen LogP contribution in [0.15, 0.2) is 22.7 Å². The number of nitrogens with one attached hydrogen (secondary N) is 1. The molecule has 0 saturated heterocycles. The summed E-state index contributed by atoms with van der Waals surface area (Å²) in [7, 11) is 4.07. The summed E-state index contributed by atoms with van der Waals surface area (Å²) in [6.45, 7) is 1.90. The fourth-order valence-electron chi connectivity index (χ4n) is 2.45. The van der Waals surface area contributed by atoms with E-state index in [1.54, 1.807) is 0 Å². The topological polar surface area (TPSA) is 35.5 Å². The Hall–Kier alpha value is -0.580. The average molecular weight is 313 g/mol. The molecule has 0 aliphatic heterocycles. The molecule has 0 aromatic heterocycles. The lowest BCUT2D eigenvalue weighted by atomic mass is 9.82. The Labute approximate surface area is 117 Å². The number of hydrogen-bond donors (Lipinski definition) is 2. The number of aliphatic hydroxyl groups excluding tert-OH is 1. The normalized spacial score (nSPS) is 22.7. The minimum atomic E-state index is -0.0619. The predicted octanol–water partition coefficient (Wildman–Crippen LogP) is 2.38. The van der Waals surface area contributed by atoms with E-state index in [4.69, 9.17) is 0 Å². The van der Waals surface area contributed by atoms with Gasteiger partial charge in [0.2, 0.25) is 0 Å². The number of anilines is 1. The first-order valence-electron chi connectivity index (χ1n) is 6.42. The van der Waals surface area contributed by atoms with Crippen LogP contribution in [0.2, 0.25) is 0 Å². The van der Waals surface area contributed by atoms with Crippen LogP contribution in [0.25, 0.3) is 0 Å². The maximum absolute atomic E-state index is 9.31. The van der Waals surface area contributed by atoms with Crippen LogP contribution >= 0.6 is 15.9 Å². The van der Waals surface area contributed by atoms with Crippen molar-refractivity contribution in [3.05, 3.63) is 28.2 Å². The molecule has 18 heavy (non-hydrogen) atoms. The summed E-state index contributed by atoms with van der Waals surface area (Å²) < 4.78 is 1.15. The van der Waals surface area contributed by atoms with Gasteiger partial charge in [0.15, 0.2) is 0 Å². The lowest BCUT2D eigenvalue weighted by molar-refractivity contribution is 0.0465. The van der Waals surface area contributed by atoms with Crippen LogP contribution in [0.4, 0.5) is 5.69 Å². The van der Waals surface area contributed by atoms with Gasteiger partial charge in [0, 0.05) is 30.3 Å². The smallest absolute Gasteiger partial charge is 0.0546 e. The molecule has 3 nitrogen and oxygen atoms in total. The lowest BCUT2D eigenvalue weighted by Gasteiger charge is -2.35. The zero-order valence-corrected chi connectivity index (χ0v) is 12.6. The van der Waals surface area contributed by atoms with Crippen molar-refractivity contribution >= 4 is 21.6 Å². The summed E-state index contributed by atoms with van der Waals surface area (Å²) in [5.74, 6) is 0.640. The molecular formula is C14H21BrN2O. The number of benzene rings is 1. The Balaban J connectivity index is 1.97. The van der Waals surface area contributed by atoms with Crippen molar-refractivity contribution in [3.63, 3.8) is 0 Å². The van der Waals surface area contributed by atoms with E-state index in [0.29, 0.717) is 5.92 Å². The standard InChI is InChI=1S/C14H21BrN2O/c1-16-8-11-3-4-12(7-14(11)15)17(2)9-10-5-13(18)6-10/h3-4,7,10,13,16,18H,5-6,8-9H2,1-2H3. The van der Waals surface area contributed by atoms with Crippen LogP contribution < -0.4 is 10.2 Å². The molecule has 1 aliphatic rings. The fraction of sp³-hybridized carbons (Fsp3) is 0.571. The van der Waals surface area contributed by atoms with Crippen molar-refractivity contribution in [1.82, 2.24) is 5.32 Å². The lowest BCUT2D eigenvalue weighted by Crippen LogP contribution is -2.37. The van der Waals surface area contributed by atoms with Gasteiger partial charge in [0.25, 0.3) is 0 Å². The number of nitrogens with zero attached hydrogens (tertiary/aromatic N) is 1. The molecule has 1 aliphatic carbocycles. The van der Waals surface area contributed by atoms with Crippen LogP contribution in [0, 0.1) is 5.92 Å². The summed E-state index contributed by atoms with van der Waals surface area (Å²) in [6, 6.07) is 6.48. The molecule has 0 amide bonds. The van der Waals surface area contributed by atoms with Crippen molar-refractivity contribution in [2.75, 3.05) is 25.5 Å². The molecule has 1 aromatic rings. The van der Waals surface area contributed by atoms with Gasteiger partial charge in [0.05, 0.1) is 6.10 Å². The number of hydrogen-bond acceptors (Lipinski definition) is 3. The molecule has 100 valence electrons. The predicted molar refractivity (Wildman–Crippen MR) is 78.9 cm³/mol.